The molecule has 0 aliphatic rings. The van der Waals surface area contributed by atoms with Crippen molar-refractivity contribution < 1.29 is 13.5 Å². The van der Waals surface area contributed by atoms with Crippen LogP contribution in [-0.2, 0) is 6.54 Å². The molecule has 2 aromatic rings. The minimum absolute atomic E-state index is 0.256. The van der Waals surface area contributed by atoms with E-state index >= 15 is 0 Å². The van der Waals surface area contributed by atoms with Crippen molar-refractivity contribution in [3.05, 3.63) is 53.2 Å². The normalized spacial score (nSPS) is 10.4. The second kappa shape index (κ2) is 5.10. The first-order valence-corrected chi connectivity index (χ1v) is 5.38. The van der Waals surface area contributed by atoms with Crippen LogP contribution in [0, 0.1) is 18.6 Å². The fourth-order valence-electron chi connectivity index (χ4n) is 1.46. The Balaban J connectivity index is 2.33. The van der Waals surface area contributed by atoms with Gasteiger partial charge >= 0.3 is 0 Å². The maximum atomic E-state index is 13.4. The number of aromatic nitrogens is 1. The summed E-state index contributed by atoms with van der Waals surface area (Å²) in [5, 5.41) is 0. The van der Waals surface area contributed by atoms with Gasteiger partial charge in [-0.1, -0.05) is 12.1 Å². The summed E-state index contributed by atoms with van der Waals surface area (Å²) in [5.41, 5.74) is 7.19. The highest BCUT2D eigenvalue weighted by Gasteiger charge is 2.10. The minimum Gasteiger partial charge on any atom is -0.436 e. The third-order valence-electron chi connectivity index (χ3n) is 2.47. The van der Waals surface area contributed by atoms with Crippen LogP contribution in [0.4, 0.5) is 8.78 Å². The summed E-state index contributed by atoms with van der Waals surface area (Å²) in [4.78, 5) is 3.57. The molecule has 5 heteroatoms. The monoisotopic (exact) mass is 250 g/mol. The van der Waals surface area contributed by atoms with Crippen LogP contribution in [0.3, 0.4) is 0 Å². The van der Waals surface area contributed by atoms with Gasteiger partial charge in [-0.05, 0) is 24.1 Å². The third-order valence-corrected chi connectivity index (χ3v) is 2.47. The van der Waals surface area contributed by atoms with E-state index < -0.39 is 11.6 Å². The van der Waals surface area contributed by atoms with Crippen molar-refractivity contribution >= 4 is 0 Å². The van der Waals surface area contributed by atoms with Crippen molar-refractivity contribution in [2.24, 2.45) is 5.73 Å². The van der Waals surface area contributed by atoms with Gasteiger partial charge in [-0.25, -0.2) is 13.8 Å². The van der Waals surface area contributed by atoms with Gasteiger partial charge in [0.25, 0.3) is 5.88 Å². The molecule has 0 unspecified atom stereocenters. The van der Waals surface area contributed by atoms with Crippen LogP contribution in [0.25, 0.3) is 0 Å². The molecular weight excluding hydrogens is 238 g/mol. The standard InChI is InChI=1S/C13H12F2N2O/c1-8-2-3-9(6-16)4-12(8)18-13-11(15)5-10(14)7-17-13/h2-5,7H,6,16H2,1H3. The summed E-state index contributed by atoms with van der Waals surface area (Å²) < 4.78 is 31.4. The number of nitrogens with zero attached hydrogens (tertiary/aromatic N) is 1. The van der Waals surface area contributed by atoms with E-state index in [-0.39, 0.29) is 5.88 Å². The Hall–Kier alpha value is -2.01. The third kappa shape index (κ3) is 2.62. The van der Waals surface area contributed by atoms with Gasteiger partial charge in [-0.15, -0.1) is 0 Å². The molecule has 2 rings (SSSR count). The zero-order valence-corrected chi connectivity index (χ0v) is 9.78. The lowest BCUT2D eigenvalue weighted by molar-refractivity contribution is 0.414. The molecule has 0 spiro atoms. The molecule has 0 aliphatic carbocycles. The molecule has 2 N–H and O–H groups in total. The summed E-state index contributed by atoms with van der Waals surface area (Å²) in [6.07, 6.45) is 0.903. The number of hydrogen-bond acceptors (Lipinski definition) is 3. The number of benzene rings is 1. The molecule has 0 fully saturated rings. The quantitative estimate of drug-likeness (QED) is 0.911. The topological polar surface area (TPSA) is 48.1 Å². The number of rotatable bonds is 3. The van der Waals surface area contributed by atoms with Gasteiger partial charge in [-0.2, -0.15) is 0 Å². The van der Waals surface area contributed by atoms with E-state index in [1.54, 1.807) is 6.07 Å². The van der Waals surface area contributed by atoms with E-state index in [9.17, 15) is 8.78 Å². The molecular formula is C13H12F2N2O. The molecule has 1 aromatic carbocycles. The molecule has 0 aliphatic heterocycles. The van der Waals surface area contributed by atoms with E-state index in [2.05, 4.69) is 4.98 Å². The second-order valence-corrected chi connectivity index (χ2v) is 3.85. The number of nitrogens with two attached hydrogens (primary N) is 1. The molecule has 1 aromatic heterocycles. The smallest absolute Gasteiger partial charge is 0.256 e. The molecule has 0 bridgehead atoms. The molecule has 94 valence electrons. The Kier molecular flexibility index (Phi) is 3.53. The predicted octanol–water partition coefficient (Wildman–Crippen LogP) is 2.92. The van der Waals surface area contributed by atoms with Gasteiger partial charge in [-0.3, -0.25) is 0 Å². The van der Waals surface area contributed by atoms with Gasteiger partial charge in [0.05, 0.1) is 6.20 Å². The van der Waals surface area contributed by atoms with E-state index in [4.69, 9.17) is 10.5 Å². The van der Waals surface area contributed by atoms with Gasteiger partial charge in [0.2, 0.25) is 0 Å². The van der Waals surface area contributed by atoms with Crippen LogP contribution >= 0.6 is 0 Å². The van der Waals surface area contributed by atoms with Crippen LogP contribution in [0.1, 0.15) is 11.1 Å². The lowest BCUT2D eigenvalue weighted by Gasteiger charge is -2.09. The minimum atomic E-state index is -0.840. The maximum Gasteiger partial charge on any atom is 0.256 e. The van der Waals surface area contributed by atoms with Crippen molar-refractivity contribution in [2.45, 2.75) is 13.5 Å². The van der Waals surface area contributed by atoms with Crippen molar-refractivity contribution in [3.63, 3.8) is 0 Å². The summed E-state index contributed by atoms with van der Waals surface area (Å²) in [6, 6.07) is 6.11. The molecule has 1 heterocycles. The first-order chi connectivity index (χ1) is 8.60. The molecule has 0 saturated heterocycles. The lowest BCUT2D eigenvalue weighted by Crippen LogP contribution is -1.99. The Morgan fingerprint density at radius 1 is 1.28 bits per heavy atom. The van der Waals surface area contributed by atoms with E-state index in [1.165, 1.54) is 0 Å². The average molecular weight is 250 g/mol. The van der Waals surface area contributed by atoms with Crippen LogP contribution in [0.15, 0.2) is 30.5 Å². The van der Waals surface area contributed by atoms with Gasteiger partial charge in [0.15, 0.2) is 5.82 Å². The highest BCUT2D eigenvalue weighted by molar-refractivity contribution is 5.39. The highest BCUT2D eigenvalue weighted by Crippen LogP contribution is 2.26. The fraction of sp³-hybridized carbons (Fsp3) is 0.154. The Morgan fingerprint density at radius 3 is 2.72 bits per heavy atom. The second-order valence-electron chi connectivity index (χ2n) is 3.85. The Bertz CT molecular complexity index is 573. The van der Waals surface area contributed by atoms with Gasteiger partial charge in [0, 0.05) is 12.6 Å². The van der Waals surface area contributed by atoms with Crippen LogP contribution in [0.2, 0.25) is 0 Å². The van der Waals surface area contributed by atoms with Crippen molar-refractivity contribution in [1.82, 2.24) is 4.98 Å². The molecule has 18 heavy (non-hydrogen) atoms. The highest BCUT2D eigenvalue weighted by atomic mass is 19.1. The molecule has 3 nitrogen and oxygen atoms in total. The number of hydrogen-bond donors (Lipinski definition) is 1. The molecule has 0 amide bonds. The lowest BCUT2D eigenvalue weighted by atomic mass is 10.1. The summed E-state index contributed by atoms with van der Waals surface area (Å²) in [5.74, 6) is -1.38. The van der Waals surface area contributed by atoms with Crippen LogP contribution in [-0.4, -0.2) is 4.98 Å². The number of halogens is 2. The number of pyridine rings is 1. The van der Waals surface area contributed by atoms with E-state index in [0.717, 1.165) is 23.4 Å². The number of ether oxygens (including phenoxy) is 1. The Morgan fingerprint density at radius 2 is 2.06 bits per heavy atom. The number of aryl methyl sites for hydroxylation is 1. The molecule has 0 atom stereocenters. The van der Waals surface area contributed by atoms with Crippen LogP contribution < -0.4 is 10.5 Å². The summed E-state index contributed by atoms with van der Waals surface area (Å²) in [7, 11) is 0. The summed E-state index contributed by atoms with van der Waals surface area (Å²) >= 11 is 0. The van der Waals surface area contributed by atoms with E-state index in [0.29, 0.717) is 12.3 Å². The predicted molar refractivity (Wildman–Crippen MR) is 63.3 cm³/mol. The zero-order chi connectivity index (χ0) is 13.1. The van der Waals surface area contributed by atoms with Gasteiger partial charge < -0.3 is 10.5 Å². The maximum absolute atomic E-state index is 13.4. The van der Waals surface area contributed by atoms with E-state index in [1.807, 2.05) is 19.1 Å². The molecule has 0 radical (unpaired) electrons. The average Bonchev–Trinajstić information content (AvgIpc) is 2.35. The summed E-state index contributed by atoms with van der Waals surface area (Å²) in [6.45, 7) is 2.17. The zero-order valence-electron chi connectivity index (χ0n) is 9.78. The molecule has 0 saturated carbocycles. The van der Waals surface area contributed by atoms with Crippen molar-refractivity contribution in [1.29, 1.82) is 0 Å². The largest absolute Gasteiger partial charge is 0.436 e. The SMILES string of the molecule is Cc1ccc(CN)cc1Oc1ncc(F)cc1F. The Labute approximate surface area is 103 Å². The first-order valence-electron chi connectivity index (χ1n) is 5.38. The first kappa shape index (κ1) is 12.4. The van der Waals surface area contributed by atoms with Crippen LogP contribution in [0.5, 0.6) is 11.6 Å². The fourth-order valence-corrected chi connectivity index (χ4v) is 1.46. The van der Waals surface area contributed by atoms with Gasteiger partial charge in [0.1, 0.15) is 11.6 Å². The van der Waals surface area contributed by atoms with Crippen molar-refractivity contribution in [2.75, 3.05) is 0 Å². The van der Waals surface area contributed by atoms with Crippen molar-refractivity contribution in [3.8, 4) is 11.6 Å².